The van der Waals surface area contributed by atoms with E-state index in [0.717, 1.165) is 24.6 Å². The fourth-order valence-electron chi connectivity index (χ4n) is 4.02. The topological polar surface area (TPSA) is 71.9 Å². The van der Waals surface area contributed by atoms with Gasteiger partial charge in [-0.3, -0.25) is 0 Å². The van der Waals surface area contributed by atoms with E-state index in [-0.39, 0.29) is 18.5 Å². The van der Waals surface area contributed by atoms with Crippen molar-refractivity contribution in [3.8, 4) is 0 Å². The van der Waals surface area contributed by atoms with Gasteiger partial charge in [-0.1, -0.05) is 0 Å². The van der Waals surface area contributed by atoms with Gasteiger partial charge >= 0.3 is 12.0 Å². The fraction of sp³-hybridized carbons (Fsp3) is 0.556. The number of ether oxygens (including phenoxy) is 1. The Morgan fingerprint density at radius 1 is 1.44 bits per heavy atom. The fourth-order valence-corrected chi connectivity index (χ4v) is 4.95. The summed E-state index contributed by atoms with van der Waals surface area (Å²) in [4.78, 5) is 27.0. The molecule has 0 bridgehead atoms. The summed E-state index contributed by atoms with van der Waals surface area (Å²) in [6, 6.07) is 2.51. The number of thiophene rings is 1. The molecule has 4 rings (SSSR count). The van der Waals surface area contributed by atoms with E-state index < -0.39 is 0 Å². The molecule has 3 N–H and O–H groups in total. The van der Waals surface area contributed by atoms with E-state index in [0.29, 0.717) is 24.8 Å². The smallest absolute Gasteiger partial charge is 0.337 e. The van der Waals surface area contributed by atoms with Crippen molar-refractivity contribution >= 4 is 23.3 Å². The number of esters is 1. The Kier molecular flexibility index (Phi) is 4.52. The third-order valence-electron chi connectivity index (χ3n) is 5.30. The van der Waals surface area contributed by atoms with Crippen molar-refractivity contribution in [3.63, 3.8) is 0 Å². The summed E-state index contributed by atoms with van der Waals surface area (Å²) in [7, 11) is 0. The van der Waals surface area contributed by atoms with Gasteiger partial charge in [-0.2, -0.15) is 0 Å². The van der Waals surface area contributed by atoms with E-state index in [1.165, 1.54) is 28.2 Å². The molecule has 2 aliphatic heterocycles. The second-order valence-electron chi connectivity index (χ2n) is 6.93. The molecule has 3 aliphatic rings. The molecule has 1 aromatic rings. The number of amides is 2. The molecular formula is C18H24N3O3S+. The molecule has 2 atom stereocenters. The second-order valence-corrected chi connectivity index (χ2v) is 7.94. The molecule has 3 heterocycles. The molecule has 1 aromatic heterocycles. The lowest BCUT2D eigenvalue weighted by atomic mass is 9.95. The van der Waals surface area contributed by atoms with Crippen LogP contribution in [0.15, 0.2) is 22.7 Å². The molecule has 0 spiro atoms. The van der Waals surface area contributed by atoms with Crippen LogP contribution in [-0.2, 0) is 16.0 Å². The predicted molar refractivity (Wildman–Crippen MR) is 94.4 cm³/mol. The van der Waals surface area contributed by atoms with Crippen molar-refractivity contribution < 1.29 is 19.2 Å². The minimum absolute atomic E-state index is 0.237. The number of quaternary nitrogens is 1. The van der Waals surface area contributed by atoms with Crippen LogP contribution in [-0.4, -0.2) is 38.2 Å². The zero-order valence-electron chi connectivity index (χ0n) is 14.4. The maximum Gasteiger partial charge on any atom is 0.337 e. The highest BCUT2D eigenvalue weighted by molar-refractivity contribution is 7.10. The van der Waals surface area contributed by atoms with E-state index in [1.54, 1.807) is 6.92 Å². The highest BCUT2D eigenvalue weighted by atomic mass is 32.1. The van der Waals surface area contributed by atoms with Gasteiger partial charge in [-0.25, -0.2) is 9.59 Å². The van der Waals surface area contributed by atoms with Gasteiger partial charge in [0.25, 0.3) is 0 Å². The van der Waals surface area contributed by atoms with Crippen LogP contribution in [0.2, 0.25) is 0 Å². The Balaban J connectivity index is 1.60. The Morgan fingerprint density at radius 2 is 2.28 bits per heavy atom. The van der Waals surface area contributed by atoms with Gasteiger partial charge in [-0.15, -0.1) is 11.3 Å². The van der Waals surface area contributed by atoms with Gasteiger partial charge in [-0.05, 0) is 31.2 Å². The molecule has 6 nitrogen and oxygen atoms in total. The molecule has 134 valence electrons. The lowest BCUT2D eigenvalue weighted by molar-refractivity contribution is -0.932. The average molecular weight is 362 g/mol. The quantitative estimate of drug-likeness (QED) is 0.678. The van der Waals surface area contributed by atoms with Crippen LogP contribution >= 0.6 is 11.3 Å². The maximum absolute atomic E-state index is 12.3. The summed E-state index contributed by atoms with van der Waals surface area (Å²) in [6.45, 7) is 4.08. The van der Waals surface area contributed by atoms with Crippen LogP contribution in [0.3, 0.4) is 0 Å². The Labute approximate surface area is 151 Å². The highest BCUT2D eigenvalue weighted by Crippen LogP contribution is 2.42. The number of fused-ring (bicyclic) bond motifs is 1. The minimum atomic E-state index is -0.333. The van der Waals surface area contributed by atoms with Crippen molar-refractivity contribution in [1.29, 1.82) is 0 Å². The third-order valence-corrected chi connectivity index (χ3v) is 6.30. The molecule has 0 radical (unpaired) electrons. The molecule has 0 saturated heterocycles. The lowest BCUT2D eigenvalue weighted by Crippen LogP contribution is -3.14. The SMILES string of the molecule is CCOC(=O)C1=C(C[NH+]2CCc3sccc3[C@@H]2C2CC2)NC(=O)NC1. The summed E-state index contributed by atoms with van der Waals surface area (Å²) in [5.74, 6) is 0.397. The lowest BCUT2D eigenvalue weighted by Gasteiger charge is -2.34. The van der Waals surface area contributed by atoms with Crippen LogP contribution in [0.4, 0.5) is 4.79 Å². The predicted octanol–water partition coefficient (Wildman–Crippen LogP) is 0.770. The third kappa shape index (κ3) is 3.30. The van der Waals surface area contributed by atoms with Crippen molar-refractivity contribution in [2.24, 2.45) is 5.92 Å². The van der Waals surface area contributed by atoms with E-state index in [9.17, 15) is 9.59 Å². The van der Waals surface area contributed by atoms with Crippen LogP contribution in [0, 0.1) is 5.92 Å². The Bertz CT molecular complexity index is 723. The molecule has 0 aromatic carbocycles. The molecule has 1 aliphatic carbocycles. The molecular weight excluding hydrogens is 338 g/mol. The van der Waals surface area contributed by atoms with Crippen LogP contribution in [0.5, 0.6) is 0 Å². The average Bonchev–Trinajstić information content (AvgIpc) is 3.31. The van der Waals surface area contributed by atoms with Gasteiger partial charge in [0.05, 0.1) is 31.0 Å². The van der Waals surface area contributed by atoms with E-state index in [4.69, 9.17) is 4.74 Å². The van der Waals surface area contributed by atoms with Gasteiger partial charge in [0.2, 0.25) is 0 Å². The van der Waals surface area contributed by atoms with Crippen LogP contribution in [0.1, 0.15) is 36.2 Å². The second kappa shape index (κ2) is 6.80. The summed E-state index contributed by atoms with van der Waals surface area (Å²) in [5.41, 5.74) is 2.76. The molecule has 7 heteroatoms. The van der Waals surface area contributed by atoms with Crippen molar-refractivity contribution in [3.05, 3.63) is 33.2 Å². The number of carbonyl (C=O) groups is 2. The summed E-state index contributed by atoms with van der Waals surface area (Å²) >= 11 is 1.86. The first-order chi connectivity index (χ1) is 12.2. The highest BCUT2D eigenvalue weighted by Gasteiger charge is 2.44. The zero-order valence-corrected chi connectivity index (χ0v) is 15.2. The van der Waals surface area contributed by atoms with Crippen molar-refractivity contribution in [2.75, 3.05) is 26.2 Å². The number of hydrogen-bond acceptors (Lipinski definition) is 4. The molecule has 1 saturated carbocycles. The summed E-state index contributed by atoms with van der Waals surface area (Å²) in [6.07, 6.45) is 3.63. The minimum Gasteiger partial charge on any atom is -0.463 e. The standard InChI is InChI=1S/C18H23N3O3S/c1-2-24-17(22)13-9-19-18(23)20-14(13)10-21-7-5-15-12(6-8-25-15)16(21)11-3-4-11/h6,8,11,16H,2-5,7,9-10H2,1H3,(H2,19,20,23)/p+1/t16-/m0/s1. The van der Waals surface area contributed by atoms with Crippen molar-refractivity contribution in [2.45, 2.75) is 32.2 Å². The van der Waals surface area contributed by atoms with Gasteiger partial charge in [0, 0.05) is 22.8 Å². The molecule has 1 fully saturated rings. The first-order valence-electron chi connectivity index (χ1n) is 9.02. The normalized spacial score (nSPS) is 25.9. The van der Waals surface area contributed by atoms with E-state index in [1.807, 2.05) is 11.3 Å². The summed E-state index contributed by atoms with van der Waals surface area (Å²) < 4.78 is 5.17. The molecule has 25 heavy (non-hydrogen) atoms. The summed E-state index contributed by atoms with van der Waals surface area (Å²) in [5, 5.41) is 7.73. The van der Waals surface area contributed by atoms with Crippen molar-refractivity contribution in [1.82, 2.24) is 10.6 Å². The monoisotopic (exact) mass is 362 g/mol. The van der Waals surface area contributed by atoms with Crippen LogP contribution < -0.4 is 15.5 Å². The van der Waals surface area contributed by atoms with E-state index >= 15 is 0 Å². The first kappa shape index (κ1) is 16.6. The van der Waals surface area contributed by atoms with Gasteiger partial charge in [0.15, 0.2) is 0 Å². The first-order valence-corrected chi connectivity index (χ1v) is 9.90. The number of nitrogens with one attached hydrogen (secondary N) is 3. The largest absolute Gasteiger partial charge is 0.463 e. The van der Waals surface area contributed by atoms with Crippen LogP contribution in [0.25, 0.3) is 0 Å². The maximum atomic E-state index is 12.3. The van der Waals surface area contributed by atoms with Gasteiger partial charge < -0.3 is 20.3 Å². The number of carbonyl (C=O) groups excluding carboxylic acids is 2. The number of rotatable bonds is 5. The Morgan fingerprint density at radius 3 is 3.04 bits per heavy atom. The molecule has 1 unspecified atom stereocenters. The number of urea groups is 1. The Hall–Kier alpha value is -1.86. The van der Waals surface area contributed by atoms with E-state index in [2.05, 4.69) is 22.1 Å². The molecule has 2 amide bonds. The van der Waals surface area contributed by atoms with Gasteiger partial charge in [0.1, 0.15) is 12.6 Å². The number of hydrogen-bond donors (Lipinski definition) is 3. The zero-order chi connectivity index (χ0) is 17.4.